The van der Waals surface area contributed by atoms with E-state index in [0.29, 0.717) is 19.7 Å². The highest BCUT2D eigenvalue weighted by atomic mass is 16.5. The number of carbonyl (C=O) groups excluding carboxylic acids is 1. The van der Waals surface area contributed by atoms with Crippen molar-refractivity contribution < 1.29 is 14.3 Å². The first-order chi connectivity index (χ1) is 11.2. The maximum atomic E-state index is 12.2. The minimum Gasteiger partial charge on any atom is -0.468 e. The Labute approximate surface area is 137 Å². The number of hydrogen-bond acceptors (Lipinski definition) is 4. The third-order valence-corrected chi connectivity index (χ3v) is 3.70. The fourth-order valence-corrected chi connectivity index (χ4v) is 2.53. The number of benzene rings is 2. The van der Waals surface area contributed by atoms with E-state index in [1.54, 1.807) is 7.11 Å². The lowest BCUT2D eigenvalue weighted by Crippen LogP contribution is -2.44. The normalized spacial score (nSPS) is 12.1. The van der Waals surface area contributed by atoms with Gasteiger partial charge in [-0.1, -0.05) is 60.7 Å². The number of ether oxygens (including phenoxy) is 2. The van der Waals surface area contributed by atoms with Crippen LogP contribution in [0.2, 0.25) is 0 Å². The average Bonchev–Trinajstić information content (AvgIpc) is 2.60. The van der Waals surface area contributed by atoms with Gasteiger partial charge in [-0.2, -0.15) is 0 Å². The highest BCUT2D eigenvalue weighted by Crippen LogP contribution is 2.15. The van der Waals surface area contributed by atoms with Gasteiger partial charge in [-0.25, -0.2) is 0 Å². The molecular formula is C19H23NO3. The van der Waals surface area contributed by atoms with Crippen LogP contribution in [0.1, 0.15) is 11.1 Å². The summed E-state index contributed by atoms with van der Waals surface area (Å²) in [5.74, 6) is -0.279. The standard InChI is InChI=1S/C19H23NO3/c1-22-15-18(19(21)23-2)20(13-16-9-5-3-6-10-16)14-17-11-7-4-8-12-17/h3-12,18H,13-15H2,1-2H3. The molecule has 2 rings (SSSR count). The van der Waals surface area contributed by atoms with Crippen LogP contribution < -0.4 is 0 Å². The number of esters is 1. The quantitative estimate of drug-likeness (QED) is 0.703. The summed E-state index contributed by atoms with van der Waals surface area (Å²) in [6, 6.07) is 19.7. The lowest BCUT2D eigenvalue weighted by atomic mass is 10.1. The van der Waals surface area contributed by atoms with Gasteiger partial charge in [-0.05, 0) is 11.1 Å². The van der Waals surface area contributed by atoms with Crippen LogP contribution in [0.25, 0.3) is 0 Å². The molecule has 0 spiro atoms. The zero-order chi connectivity index (χ0) is 16.5. The smallest absolute Gasteiger partial charge is 0.325 e. The van der Waals surface area contributed by atoms with Crippen LogP contribution in [0.5, 0.6) is 0 Å². The molecule has 2 aromatic carbocycles. The van der Waals surface area contributed by atoms with Gasteiger partial charge in [0.15, 0.2) is 0 Å². The van der Waals surface area contributed by atoms with Gasteiger partial charge in [-0.15, -0.1) is 0 Å². The van der Waals surface area contributed by atoms with Crippen LogP contribution in [0.4, 0.5) is 0 Å². The summed E-state index contributed by atoms with van der Waals surface area (Å²) in [5, 5.41) is 0. The summed E-state index contributed by atoms with van der Waals surface area (Å²) in [6.45, 7) is 1.60. The molecule has 0 aromatic heterocycles. The second-order valence-corrected chi connectivity index (χ2v) is 5.37. The topological polar surface area (TPSA) is 38.8 Å². The van der Waals surface area contributed by atoms with E-state index in [0.717, 1.165) is 11.1 Å². The van der Waals surface area contributed by atoms with E-state index in [-0.39, 0.29) is 5.97 Å². The molecule has 23 heavy (non-hydrogen) atoms. The third kappa shape index (κ3) is 5.20. The molecule has 4 heteroatoms. The van der Waals surface area contributed by atoms with E-state index in [2.05, 4.69) is 29.2 Å². The summed E-state index contributed by atoms with van der Waals surface area (Å²) < 4.78 is 10.2. The molecule has 0 N–H and O–H groups in total. The molecule has 0 aliphatic carbocycles. The van der Waals surface area contributed by atoms with Gasteiger partial charge < -0.3 is 9.47 Å². The zero-order valence-electron chi connectivity index (χ0n) is 13.6. The van der Waals surface area contributed by atoms with Gasteiger partial charge in [0.05, 0.1) is 13.7 Å². The van der Waals surface area contributed by atoms with Gasteiger partial charge in [0, 0.05) is 20.2 Å². The van der Waals surface area contributed by atoms with Crippen LogP contribution in [0.15, 0.2) is 60.7 Å². The van der Waals surface area contributed by atoms with Crippen molar-refractivity contribution in [3.05, 3.63) is 71.8 Å². The summed E-state index contributed by atoms with van der Waals surface area (Å²) in [4.78, 5) is 14.3. The fraction of sp³-hybridized carbons (Fsp3) is 0.316. The van der Waals surface area contributed by atoms with Crippen molar-refractivity contribution in [2.75, 3.05) is 20.8 Å². The predicted molar refractivity (Wildman–Crippen MR) is 89.8 cm³/mol. The zero-order valence-corrected chi connectivity index (χ0v) is 13.6. The van der Waals surface area contributed by atoms with Crippen molar-refractivity contribution in [2.24, 2.45) is 0 Å². The number of hydrogen-bond donors (Lipinski definition) is 0. The first-order valence-corrected chi connectivity index (χ1v) is 7.63. The molecule has 1 unspecified atom stereocenters. The van der Waals surface area contributed by atoms with E-state index in [4.69, 9.17) is 9.47 Å². The minimum atomic E-state index is -0.439. The Morgan fingerprint density at radius 2 is 1.39 bits per heavy atom. The second kappa shape index (κ2) is 9.08. The number of carbonyl (C=O) groups is 1. The number of rotatable bonds is 8. The summed E-state index contributed by atoms with van der Waals surface area (Å²) in [7, 11) is 3.01. The lowest BCUT2D eigenvalue weighted by molar-refractivity contribution is -0.149. The SMILES string of the molecule is COCC(C(=O)OC)N(Cc1ccccc1)Cc1ccccc1. The molecule has 0 heterocycles. The molecule has 4 nitrogen and oxygen atoms in total. The molecule has 122 valence electrons. The van der Waals surface area contributed by atoms with Crippen molar-refractivity contribution in [2.45, 2.75) is 19.1 Å². The van der Waals surface area contributed by atoms with Crippen molar-refractivity contribution in [3.63, 3.8) is 0 Å². The molecule has 0 aliphatic rings. The van der Waals surface area contributed by atoms with Crippen LogP contribution in [0.3, 0.4) is 0 Å². The van der Waals surface area contributed by atoms with Gasteiger partial charge in [0.1, 0.15) is 6.04 Å². The molecule has 0 saturated heterocycles. The van der Waals surface area contributed by atoms with Crippen LogP contribution in [-0.2, 0) is 27.4 Å². The third-order valence-electron chi connectivity index (χ3n) is 3.70. The monoisotopic (exact) mass is 313 g/mol. The molecule has 0 aliphatic heterocycles. The van der Waals surface area contributed by atoms with E-state index in [1.165, 1.54) is 7.11 Å². The molecule has 2 aromatic rings. The van der Waals surface area contributed by atoms with Crippen molar-refractivity contribution >= 4 is 5.97 Å². The maximum absolute atomic E-state index is 12.2. The Bertz CT molecular complexity index is 545. The summed E-state index contributed by atoms with van der Waals surface area (Å²) in [6.07, 6.45) is 0. The number of methoxy groups -OCH3 is 2. The Balaban J connectivity index is 2.23. The predicted octanol–water partition coefficient (Wildman–Crippen LogP) is 2.88. The summed E-state index contributed by atoms with van der Waals surface area (Å²) in [5.41, 5.74) is 2.29. The molecule has 0 saturated carbocycles. The Morgan fingerprint density at radius 3 is 1.78 bits per heavy atom. The lowest BCUT2D eigenvalue weighted by Gasteiger charge is -2.29. The summed E-state index contributed by atoms with van der Waals surface area (Å²) >= 11 is 0. The first kappa shape index (κ1) is 17.2. The van der Waals surface area contributed by atoms with Gasteiger partial charge >= 0.3 is 5.97 Å². The van der Waals surface area contributed by atoms with Gasteiger partial charge in [-0.3, -0.25) is 9.69 Å². The second-order valence-electron chi connectivity index (χ2n) is 5.37. The van der Waals surface area contributed by atoms with E-state index in [9.17, 15) is 4.79 Å². The number of nitrogens with zero attached hydrogens (tertiary/aromatic N) is 1. The minimum absolute atomic E-state index is 0.279. The molecule has 1 atom stereocenters. The fourth-order valence-electron chi connectivity index (χ4n) is 2.53. The van der Waals surface area contributed by atoms with Crippen molar-refractivity contribution in [1.29, 1.82) is 0 Å². The maximum Gasteiger partial charge on any atom is 0.325 e. The highest BCUT2D eigenvalue weighted by molar-refractivity contribution is 5.75. The molecule has 0 amide bonds. The first-order valence-electron chi connectivity index (χ1n) is 7.63. The Morgan fingerprint density at radius 1 is 0.913 bits per heavy atom. The Kier molecular flexibility index (Phi) is 6.78. The van der Waals surface area contributed by atoms with Crippen LogP contribution in [0, 0.1) is 0 Å². The molecule has 0 fully saturated rings. The van der Waals surface area contributed by atoms with Crippen LogP contribution >= 0.6 is 0 Å². The molecule has 0 radical (unpaired) electrons. The van der Waals surface area contributed by atoms with E-state index < -0.39 is 6.04 Å². The highest BCUT2D eigenvalue weighted by Gasteiger charge is 2.27. The van der Waals surface area contributed by atoms with Crippen LogP contribution in [-0.4, -0.2) is 37.7 Å². The van der Waals surface area contributed by atoms with Crippen molar-refractivity contribution in [1.82, 2.24) is 4.90 Å². The molecule has 0 bridgehead atoms. The van der Waals surface area contributed by atoms with Gasteiger partial charge in [0.25, 0.3) is 0 Å². The van der Waals surface area contributed by atoms with Crippen molar-refractivity contribution in [3.8, 4) is 0 Å². The Hall–Kier alpha value is -2.17. The van der Waals surface area contributed by atoms with E-state index in [1.807, 2.05) is 36.4 Å². The molecular weight excluding hydrogens is 290 g/mol. The largest absolute Gasteiger partial charge is 0.468 e. The van der Waals surface area contributed by atoms with Gasteiger partial charge in [0.2, 0.25) is 0 Å². The average molecular weight is 313 g/mol. The van der Waals surface area contributed by atoms with E-state index >= 15 is 0 Å².